The van der Waals surface area contributed by atoms with Crippen molar-refractivity contribution in [3.8, 4) is 0 Å². The summed E-state index contributed by atoms with van der Waals surface area (Å²) in [5, 5.41) is 0. The van der Waals surface area contributed by atoms with E-state index in [1.54, 1.807) is 23.5 Å². The van der Waals surface area contributed by atoms with Gasteiger partial charge in [0.25, 0.3) is 0 Å². The van der Waals surface area contributed by atoms with Crippen LogP contribution in [0.2, 0.25) is 0 Å². The smallest absolute Gasteiger partial charge is 0.242 e. The number of ether oxygens (including phenoxy) is 1. The van der Waals surface area contributed by atoms with Gasteiger partial charge in [0.2, 0.25) is 10.0 Å². The molecule has 4 nitrogen and oxygen atoms in total. The van der Waals surface area contributed by atoms with E-state index in [1.165, 1.54) is 64.2 Å². The average molecular weight is 642 g/mol. The number of methoxy groups -OCH3 is 1. The van der Waals surface area contributed by atoms with Crippen molar-refractivity contribution in [2.45, 2.75) is 105 Å². The lowest BCUT2D eigenvalue weighted by Gasteiger charge is -2.69. The topological polar surface area (TPSA) is 46.6 Å². The van der Waals surface area contributed by atoms with Crippen molar-refractivity contribution in [2.24, 2.45) is 34.5 Å². The summed E-state index contributed by atoms with van der Waals surface area (Å²) in [6.07, 6.45) is 13.9. The van der Waals surface area contributed by atoms with Gasteiger partial charge in [-0.3, -0.25) is 0 Å². The highest BCUT2D eigenvalue weighted by molar-refractivity contribution is 14.1. The molecule has 5 rings (SSSR count). The van der Waals surface area contributed by atoms with Crippen molar-refractivity contribution in [3.05, 3.63) is 30.3 Å². The number of hydrogen-bond donors (Lipinski definition) is 0. The van der Waals surface area contributed by atoms with Gasteiger partial charge in [-0.25, -0.2) is 12.7 Å². The first-order valence-electron chi connectivity index (χ1n) is 14.7. The second-order valence-corrected chi connectivity index (χ2v) is 17.5. The molecular weight excluding hydrogens is 593 g/mol. The highest BCUT2D eigenvalue weighted by Crippen LogP contribution is 2.72. The number of fused-ring (bicyclic) bond motifs is 5. The molecular formula is C31H48INO3S. The van der Waals surface area contributed by atoms with Gasteiger partial charge in [-0.2, -0.15) is 0 Å². The average Bonchev–Trinajstić information content (AvgIpc) is 2.89. The normalized spacial score (nSPS) is 44.1. The summed E-state index contributed by atoms with van der Waals surface area (Å²) in [6.45, 7) is 7.97. The van der Waals surface area contributed by atoms with Gasteiger partial charge in [0.1, 0.15) is 0 Å². The SMILES string of the molecule is CC[C@]12CC[C@@](C)(OC)C[C@H]1CC[C@@]1(I)[C@@H]3CCC[C@H](CN(C)S(=O)(=O)c4ccccc4)[C@@]3(C)CC[C@@H]12. The fourth-order valence-electron chi connectivity index (χ4n) is 9.88. The second kappa shape index (κ2) is 10.0. The van der Waals surface area contributed by atoms with E-state index in [0.29, 0.717) is 32.1 Å². The van der Waals surface area contributed by atoms with Crippen LogP contribution in [-0.2, 0) is 14.8 Å². The standard InChI is InChI=1S/C31H48INO3S/c1-6-30-20-19-28(2,36-5)21-23(30)15-18-31(32)26-14-10-11-24(29(26,3)17-16-27(30)31)22-33(4)37(34,35)25-12-8-7-9-13-25/h7-9,12-13,23-24,26-27H,6,10-11,14-22H2,1-5H3/t23-,24-,26-,27-,28-,29-,30+,31-/m1/s1. The summed E-state index contributed by atoms with van der Waals surface area (Å²) in [7, 11) is 0.244. The van der Waals surface area contributed by atoms with E-state index in [-0.39, 0.29) is 11.0 Å². The van der Waals surface area contributed by atoms with E-state index < -0.39 is 10.0 Å². The third kappa shape index (κ3) is 4.46. The summed E-state index contributed by atoms with van der Waals surface area (Å²) in [5.74, 6) is 2.63. The van der Waals surface area contributed by atoms with Crippen molar-refractivity contribution in [1.82, 2.24) is 4.31 Å². The zero-order chi connectivity index (χ0) is 26.7. The minimum absolute atomic E-state index is 0.0442. The minimum Gasteiger partial charge on any atom is -0.379 e. The van der Waals surface area contributed by atoms with Crippen LogP contribution in [-0.4, -0.2) is 42.4 Å². The Morgan fingerprint density at radius 1 is 1.00 bits per heavy atom. The second-order valence-electron chi connectivity index (χ2n) is 13.5. The Labute approximate surface area is 239 Å². The van der Waals surface area contributed by atoms with Crippen molar-refractivity contribution in [1.29, 1.82) is 0 Å². The number of nitrogens with zero attached hydrogens (tertiary/aromatic N) is 1. The predicted octanol–water partition coefficient (Wildman–Crippen LogP) is 7.71. The van der Waals surface area contributed by atoms with Gasteiger partial charge in [-0.1, -0.05) is 61.1 Å². The van der Waals surface area contributed by atoms with Gasteiger partial charge in [0, 0.05) is 24.1 Å². The highest BCUT2D eigenvalue weighted by Gasteiger charge is 2.66. The fourth-order valence-corrected chi connectivity index (χ4v) is 13.4. The molecule has 4 saturated carbocycles. The number of alkyl halides is 1. The molecule has 1 aromatic rings. The van der Waals surface area contributed by atoms with Crippen molar-refractivity contribution >= 4 is 32.6 Å². The maximum absolute atomic E-state index is 13.4. The molecule has 4 aliphatic rings. The Morgan fingerprint density at radius 3 is 2.41 bits per heavy atom. The molecule has 8 atom stereocenters. The maximum Gasteiger partial charge on any atom is 0.242 e. The van der Waals surface area contributed by atoms with Crippen molar-refractivity contribution < 1.29 is 13.2 Å². The van der Waals surface area contributed by atoms with Crippen LogP contribution < -0.4 is 0 Å². The lowest BCUT2D eigenvalue weighted by atomic mass is 9.40. The van der Waals surface area contributed by atoms with Crippen LogP contribution in [0.25, 0.3) is 0 Å². The molecule has 0 N–H and O–H groups in total. The molecule has 0 saturated heterocycles. The molecule has 0 radical (unpaired) electrons. The van der Waals surface area contributed by atoms with E-state index in [9.17, 15) is 8.42 Å². The van der Waals surface area contributed by atoms with Gasteiger partial charge < -0.3 is 4.74 Å². The first-order chi connectivity index (χ1) is 17.5. The van der Waals surface area contributed by atoms with E-state index in [1.807, 2.05) is 25.3 Å². The summed E-state index contributed by atoms with van der Waals surface area (Å²) in [5.41, 5.74) is 0.690. The van der Waals surface area contributed by atoms with Crippen molar-refractivity contribution in [3.63, 3.8) is 0 Å². The Balaban J connectivity index is 1.41. The molecule has 0 amide bonds. The molecule has 4 aliphatic carbocycles. The Morgan fingerprint density at radius 2 is 1.73 bits per heavy atom. The molecule has 37 heavy (non-hydrogen) atoms. The third-order valence-corrected chi connectivity index (χ3v) is 16.0. The Hall–Kier alpha value is -0.180. The lowest BCUT2D eigenvalue weighted by Crippen LogP contribution is -2.65. The Bertz CT molecular complexity index is 1080. The third-order valence-electron chi connectivity index (χ3n) is 12.2. The highest BCUT2D eigenvalue weighted by atomic mass is 127. The van der Waals surface area contributed by atoms with Crippen LogP contribution in [0.5, 0.6) is 0 Å². The first-order valence-corrected chi connectivity index (χ1v) is 17.2. The largest absolute Gasteiger partial charge is 0.379 e. The zero-order valence-corrected chi connectivity index (χ0v) is 26.6. The summed E-state index contributed by atoms with van der Waals surface area (Å²) < 4.78 is 34.8. The first kappa shape index (κ1) is 28.4. The fraction of sp³-hybridized carbons (Fsp3) is 0.806. The minimum atomic E-state index is -3.47. The molecule has 1 aromatic carbocycles. The molecule has 0 unspecified atom stereocenters. The van der Waals surface area contributed by atoms with Gasteiger partial charge in [-0.15, -0.1) is 0 Å². The van der Waals surface area contributed by atoms with E-state index in [4.69, 9.17) is 4.74 Å². The molecule has 0 aliphatic heterocycles. The van der Waals surface area contributed by atoms with Crippen LogP contribution in [0.1, 0.15) is 91.4 Å². The molecule has 6 heteroatoms. The number of halogens is 1. The van der Waals surface area contributed by atoms with Crippen LogP contribution in [0.4, 0.5) is 0 Å². The molecule has 0 spiro atoms. The van der Waals surface area contributed by atoms with Crippen LogP contribution in [0.3, 0.4) is 0 Å². The summed E-state index contributed by atoms with van der Waals surface area (Å²) >= 11 is 2.96. The zero-order valence-electron chi connectivity index (χ0n) is 23.6. The summed E-state index contributed by atoms with van der Waals surface area (Å²) in [4.78, 5) is 0.410. The van der Waals surface area contributed by atoms with E-state index >= 15 is 0 Å². The molecule has 0 aromatic heterocycles. The van der Waals surface area contributed by atoms with Crippen molar-refractivity contribution in [2.75, 3.05) is 20.7 Å². The monoisotopic (exact) mass is 641 g/mol. The van der Waals surface area contributed by atoms with Crippen LogP contribution in [0.15, 0.2) is 35.2 Å². The van der Waals surface area contributed by atoms with Gasteiger partial charge in [0.15, 0.2) is 0 Å². The molecule has 4 fully saturated rings. The maximum atomic E-state index is 13.4. The quantitative estimate of drug-likeness (QED) is 0.236. The number of hydrogen-bond acceptors (Lipinski definition) is 3. The van der Waals surface area contributed by atoms with Gasteiger partial charge >= 0.3 is 0 Å². The number of sulfonamides is 1. The lowest BCUT2D eigenvalue weighted by molar-refractivity contribution is -0.161. The molecule has 208 valence electrons. The number of rotatable bonds is 6. The summed E-state index contributed by atoms with van der Waals surface area (Å²) in [6, 6.07) is 8.97. The van der Waals surface area contributed by atoms with Gasteiger partial charge in [0.05, 0.1) is 10.5 Å². The van der Waals surface area contributed by atoms with E-state index in [0.717, 1.165) is 18.3 Å². The van der Waals surface area contributed by atoms with E-state index in [2.05, 4.69) is 43.4 Å². The van der Waals surface area contributed by atoms with Crippen LogP contribution in [0, 0.1) is 34.5 Å². The van der Waals surface area contributed by atoms with Gasteiger partial charge in [-0.05, 0) is 118 Å². The predicted molar refractivity (Wildman–Crippen MR) is 159 cm³/mol. The Kier molecular flexibility index (Phi) is 7.68. The van der Waals surface area contributed by atoms with Crippen LogP contribution >= 0.6 is 22.6 Å². The molecule has 0 heterocycles. The number of benzene rings is 1. The molecule has 0 bridgehead atoms.